The van der Waals surface area contributed by atoms with Crippen molar-refractivity contribution in [3.8, 4) is 0 Å². The van der Waals surface area contributed by atoms with Crippen molar-refractivity contribution in [1.82, 2.24) is 0 Å². The number of carbonyl (C=O) groups excluding carboxylic acids is 1. The SMILES string of the molecule is O=C1CC(c2ccc(C(=O)O)cc2)=NO1. The lowest BCUT2D eigenvalue weighted by Gasteiger charge is -1.98. The number of carbonyl (C=O) groups is 2. The third-order valence-corrected chi connectivity index (χ3v) is 2.03. The van der Waals surface area contributed by atoms with E-state index in [2.05, 4.69) is 9.99 Å². The van der Waals surface area contributed by atoms with E-state index in [1.54, 1.807) is 12.1 Å². The van der Waals surface area contributed by atoms with Crippen LogP contribution in [0.15, 0.2) is 29.4 Å². The molecule has 5 nitrogen and oxygen atoms in total. The first-order chi connectivity index (χ1) is 7.16. The van der Waals surface area contributed by atoms with Crippen molar-refractivity contribution in [3.63, 3.8) is 0 Å². The maximum absolute atomic E-state index is 10.8. The van der Waals surface area contributed by atoms with Crippen LogP contribution >= 0.6 is 0 Å². The summed E-state index contributed by atoms with van der Waals surface area (Å²) in [6.45, 7) is 0. The first-order valence-corrected chi connectivity index (χ1v) is 4.27. The average Bonchev–Trinajstić information content (AvgIpc) is 2.65. The van der Waals surface area contributed by atoms with Crippen molar-refractivity contribution < 1.29 is 19.5 Å². The van der Waals surface area contributed by atoms with E-state index in [1.807, 2.05) is 0 Å². The zero-order valence-electron chi connectivity index (χ0n) is 7.64. The van der Waals surface area contributed by atoms with Crippen LogP contribution in [-0.4, -0.2) is 22.8 Å². The Labute approximate surface area is 85.0 Å². The summed E-state index contributed by atoms with van der Waals surface area (Å²) < 4.78 is 0. The lowest BCUT2D eigenvalue weighted by atomic mass is 10.1. The molecule has 0 fully saturated rings. The Morgan fingerprint density at radius 2 is 2.00 bits per heavy atom. The van der Waals surface area contributed by atoms with Gasteiger partial charge in [-0.1, -0.05) is 17.3 Å². The summed E-state index contributed by atoms with van der Waals surface area (Å²) in [5.41, 5.74) is 1.42. The third-order valence-electron chi connectivity index (χ3n) is 2.03. The smallest absolute Gasteiger partial charge is 0.341 e. The molecule has 1 aliphatic heterocycles. The molecule has 1 heterocycles. The summed E-state index contributed by atoms with van der Waals surface area (Å²) in [7, 11) is 0. The lowest BCUT2D eigenvalue weighted by Crippen LogP contribution is -2.02. The van der Waals surface area contributed by atoms with Gasteiger partial charge < -0.3 is 9.94 Å². The van der Waals surface area contributed by atoms with Crippen molar-refractivity contribution in [2.45, 2.75) is 6.42 Å². The van der Waals surface area contributed by atoms with E-state index in [4.69, 9.17) is 5.11 Å². The summed E-state index contributed by atoms with van der Waals surface area (Å²) in [5, 5.41) is 12.3. The molecule has 0 radical (unpaired) electrons. The zero-order valence-corrected chi connectivity index (χ0v) is 7.64. The molecule has 1 aromatic carbocycles. The van der Waals surface area contributed by atoms with Crippen LogP contribution in [0.2, 0.25) is 0 Å². The van der Waals surface area contributed by atoms with Crippen LogP contribution in [0.5, 0.6) is 0 Å². The fraction of sp³-hybridized carbons (Fsp3) is 0.100. The monoisotopic (exact) mass is 205 g/mol. The fourth-order valence-corrected chi connectivity index (χ4v) is 1.27. The molecular weight excluding hydrogens is 198 g/mol. The second-order valence-corrected chi connectivity index (χ2v) is 3.06. The van der Waals surface area contributed by atoms with Crippen LogP contribution in [0, 0.1) is 0 Å². The first kappa shape index (κ1) is 9.39. The van der Waals surface area contributed by atoms with E-state index in [9.17, 15) is 9.59 Å². The lowest BCUT2D eigenvalue weighted by molar-refractivity contribution is -0.140. The van der Waals surface area contributed by atoms with Gasteiger partial charge in [0.2, 0.25) is 0 Å². The maximum atomic E-state index is 10.8. The van der Waals surface area contributed by atoms with Crippen LogP contribution in [0.25, 0.3) is 0 Å². The largest absolute Gasteiger partial charge is 0.478 e. The molecule has 0 spiro atoms. The van der Waals surface area contributed by atoms with Crippen molar-refractivity contribution in [3.05, 3.63) is 35.4 Å². The van der Waals surface area contributed by atoms with Crippen molar-refractivity contribution in [1.29, 1.82) is 0 Å². The summed E-state index contributed by atoms with van der Waals surface area (Å²) >= 11 is 0. The number of nitrogens with zero attached hydrogens (tertiary/aromatic N) is 1. The van der Waals surface area contributed by atoms with Crippen molar-refractivity contribution in [2.24, 2.45) is 5.16 Å². The number of hydrogen-bond donors (Lipinski definition) is 1. The Morgan fingerprint density at radius 3 is 2.47 bits per heavy atom. The number of carboxylic acid groups (broad SMARTS) is 1. The number of carboxylic acids is 1. The number of hydrogen-bond acceptors (Lipinski definition) is 4. The van der Waals surface area contributed by atoms with Gasteiger partial charge in [-0.3, -0.25) is 0 Å². The van der Waals surface area contributed by atoms with Gasteiger partial charge in [0.05, 0.1) is 17.7 Å². The van der Waals surface area contributed by atoms with Gasteiger partial charge in [-0.2, -0.15) is 0 Å². The van der Waals surface area contributed by atoms with Gasteiger partial charge in [0.1, 0.15) is 0 Å². The minimum absolute atomic E-state index is 0.131. The van der Waals surface area contributed by atoms with Crippen molar-refractivity contribution in [2.75, 3.05) is 0 Å². The average molecular weight is 205 g/mol. The molecule has 0 aliphatic carbocycles. The molecule has 0 saturated heterocycles. The molecule has 1 N–H and O–H groups in total. The number of oxime groups is 1. The van der Waals surface area contributed by atoms with E-state index in [1.165, 1.54) is 12.1 Å². The van der Waals surface area contributed by atoms with Gasteiger partial charge in [-0.05, 0) is 17.7 Å². The van der Waals surface area contributed by atoms with Gasteiger partial charge in [0.15, 0.2) is 0 Å². The van der Waals surface area contributed by atoms with Gasteiger partial charge in [-0.25, -0.2) is 9.59 Å². The molecule has 0 aromatic heterocycles. The Hall–Kier alpha value is -2.17. The van der Waals surface area contributed by atoms with Crippen molar-refractivity contribution >= 4 is 17.7 Å². The van der Waals surface area contributed by atoms with E-state index in [0.717, 1.165) is 0 Å². The van der Waals surface area contributed by atoms with Gasteiger partial charge in [0, 0.05) is 0 Å². The maximum Gasteiger partial charge on any atom is 0.341 e. The number of benzene rings is 1. The molecule has 0 unspecified atom stereocenters. The normalized spacial score (nSPS) is 14.7. The van der Waals surface area contributed by atoms with E-state index < -0.39 is 11.9 Å². The molecular formula is C10H7NO4. The van der Waals surface area contributed by atoms with Gasteiger partial charge in [-0.15, -0.1) is 0 Å². The van der Waals surface area contributed by atoms with Gasteiger partial charge >= 0.3 is 11.9 Å². The van der Waals surface area contributed by atoms with Gasteiger partial charge in [0.25, 0.3) is 0 Å². The highest BCUT2D eigenvalue weighted by Crippen LogP contribution is 2.12. The molecule has 0 atom stereocenters. The van der Waals surface area contributed by atoms with E-state index in [-0.39, 0.29) is 12.0 Å². The fourth-order valence-electron chi connectivity index (χ4n) is 1.27. The quantitative estimate of drug-likeness (QED) is 0.731. The summed E-state index contributed by atoms with van der Waals surface area (Å²) in [6, 6.07) is 6.13. The Balaban J connectivity index is 2.24. The highest BCUT2D eigenvalue weighted by molar-refractivity contribution is 6.11. The summed E-state index contributed by atoms with van der Waals surface area (Å²) in [5.74, 6) is -1.38. The molecule has 0 saturated carbocycles. The summed E-state index contributed by atoms with van der Waals surface area (Å²) in [4.78, 5) is 25.8. The predicted molar refractivity (Wildman–Crippen MR) is 50.6 cm³/mol. The Kier molecular flexibility index (Phi) is 2.21. The molecule has 1 aromatic rings. The molecule has 0 bridgehead atoms. The van der Waals surface area contributed by atoms with Crippen LogP contribution in [0.4, 0.5) is 0 Å². The van der Waals surface area contributed by atoms with E-state index >= 15 is 0 Å². The highest BCUT2D eigenvalue weighted by Gasteiger charge is 2.18. The summed E-state index contributed by atoms with van der Waals surface area (Å²) in [6.07, 6.45) is 0.131. The topological polar surface area (TPSA) is 76.0 Å². The Bertz CT molecular complexity index is 447. The second-order valence-electron chi connectivity index (χ2n) is 3.06. The molecule has 76 valence electrons. The first-order valence-electron chi connectivity index (χ1n) is 4.27. The molecule has 15 heavy (non-hydrogen) atoms. The van der Waals surface area contributed by atoms with E-state index in [0.29, 0.717) is 11.3 Å². The minimum Gasteiger partial charge on any atom is -0.478 e. The third kappa shape index (κ3) is 1.85. The number of aromatic carboxylic acids is 1. The van der Waals surface area contributed by atoms with Crippen LogP contribution in [-0.2, 0) is 9.63 Å². The van der Waals surface area contributed by atoms with Crippen LogP contribution < -0.4 is 0 Å². The predicted octanol–water partition coefficient (Wildman–Crippen LogP) is 1.04. The number of rotatable bonds is 2. The Morgan fingerprint density at radius 1 is 1.33 bits per heavy atom. The zero-order chi connectivity index (χ0) is 10.8. The van der Waals surface area contributed by atoms with Crippen LogP contribution in [0.3, 0.4) is 0 Å². The molecule has 0 amide bonds. The standard InChI is InChI=1S/C10H7NO4/c12-9-5-8(11-15-9)6-1-3-7(4-2-6)10(13)14/h1-4H,5H2,(H,13,14). The molecule has 2 rings (SSSR count). The second kappa shape index (κ2) is 3.53. The van der Waals surface area contributed by atoms with Crippen LogP contribution in [0.1, 0.15) is 22.3 Å². The molecule has 1 aliphatic rings. The minimum atomic E-state index is -0.984. The highest BCUT2D eigenvalue weighted by atomic mass is 16.7. The molecule has 5 heteroatoms.